The molecule has 1 fully saturated rings. The first-order chi connectivity index (χ1) is 12.4. The molecule has 2 rings (SSSR count). The van der Waals surface area contributed by atoms with Crippen LogP contribution in [-0.2, 0) is 9.59 Å². The van der Waals surface area contributed by atoms with Gasteiger partial charge in [0.2, 0.25) is 5.91 Å². The van der Waals surface area contributed by atoms with Crippen LogP contribution in [0.25, 0.3) is 0 Å². The van der Waals surface area contributed by atoms with Crippen LogP contribution in [0.15, 0.2) is 18.2 Å². The Morgan fingerprint density at radius 2 is 2.00 bits per heavy atom. The highest BCUT2D eigenvalue weighted by molar-refractivity contribution is 5.97. The van der Waals surface area contributed by atoms with Crippen LogP contribution >= 0.6 is 0 Å². The fraction of sp³-hybridized carbons (Fsp3) is 0.438. The van der Waals surface area contributed by atoms with E-state index in [9.17, 15) is 24.5 Å². The lowest BCUT2D eigenvalue weighted by Crippen LogP contribution is -2.47. The van der Waals surface area contributed by atoms with Gasteiger partial charge in [0.25, 0.3) is 17.5 Å². The van der Waals surface area contributed by atoms with E-state index in [0.717, 1.165) is 25.3 Å². The molecular weight excluding hydrogens is 342 g/mol. The fourth-order valence-electron chi connectivity index (χ4n) is 2.65. The van der Waals surface area contributed by atoms with Gasteiger partial charge in [-0.15, -0.1) is 0 Å². The van der Waals surface area contributed by atoms with Crippen molar-refractivity contribution in [2.24, 2.45) is 0 Å². The molecule has 10 heteroatoms. The first kappa shape index (κ1) is 19.2. The van der Waals surface area contributed by atoms with Crippen molar-refractivity contribution in [1.29, 1.82) is 0 Å². The average Bonchev–Trinajstić information content (AvgIpc) is 2.83. The molecule has 1 aliphatic rings. The summed E-state index contributed by atoms with van der Waals surface area (Å²) in [6, 6.07) is 3.93. The predicted molar refractivity (Wildman–Crippen MR) is 93.3 cm³/mol. The molecule has 140 valence electrons. The summed E-state index contributed by atoms with van der Waals surface area (Å²) in [5.74, 6) is -1.30. The summed E-state index contributed by atoms with van der Waals surface area (Å²) in [5, 5.41) is 13.7. The van der Waals surface area contributed by atoms with Crippen molar-refractivity contribution < 1.29 is 19.3 Å². The summed E-state index contributed by atoms with van der Waals surface area (Å²) in [7, 11) is 1.53. The Hall–Kier alpha value is -3.17. The van der Waals surface area contributed by atoms with Crippen molar-refractivity contribution in [2.45, 2.75) is 25.7 Å². The maximum absolute atomic E-state index is 12.1. The van der Waals surface area contributed by atoms with Gasteiger partial charge in [-0.2, -0.15) is 0 Å². The van der Waals surface area contributed by atoms with E-state index in [0.29, 0.717) is 13.0 Å². The Labute approximate surface area is 150 Å². The van der Waals surface area contributed by atoms with E-state index in [1.165, 1.54) is 24.1 Å². The Morgan fingerprint density at radius 1 is 1.23 bits per heavy atom. The number of carbonyl (C=O) groups is 3. The van der Waals surface area contributed by atoms with Crippen LogP contribution < -0.4 is 16.2 Å². The number of benzene rings is 1. The molecule has 0 atom stereocenters. The average molecular weight is 363 g/mol. The lowest BCUT2D eigenvalue weighted by Gasteiger charge is -2.19. The number of nitrogens with zero attached hydrogens (tertiary/aromatic N) is 2. The highest BCUT2D eigenvalue weighted by Crippen LogP contribution is 2.24. The quantitative estimate of drug-likeness (QED) is 0.523. The topological polar surface area (TPSA) is 134 Å². The van der Waals surface area contributed by atoms with Gasteiger partial charge in [0.05, 0.1) is 4.92 Å². The third kappa shape index (κ3) is 4.91. The second kappa shape index (κ2) is 8.79. The van der Waals surface area contributed by atoms with Crippen LogP contribution in [-0.4, -0.2) is 47.7 Å². The molecule has 0 bridgehead atoms. The molecule has 1 aliphatic heterocycles. The molecule has 3 N–H and O–H groups in total. The van der Waals surface area contributed by atoms with Gasteiger partial charge in [-0.3, -0.25) is 35.3 Å². The molecule has 1 aromatic carbocycles. The van der Waals surface area contributed by atoms with Gasteiger partial charge in [-0.1, -0.05) is 6.42 Å². The standard InChI is InChI=1S/C16H21N5O5/c1-17-12-7-6-11(9-13(12)21(25)26)16(24)19-18-14(22)10-20-8-4-2-3-5-15(20)23/h6-7,9,17H,2-5,8,10H2,1H3,(H,18,22)(H,19,24). The lowest BCUT2D eigenvalue weighted by atomic mass is 10.1. The minimum absolute atomic E-state index is 0.0295. The molecule has 1 heterocycles. The first-order valence-corrected chi connectivity index (χ1v) is 8.25. The minimum Gasteiger partial charge on any atom is -0.383 e. The SMILES string of the molecule is CNc1ccc(C(=O)NNC(=O)CN2CCCCCC2=O)cc1[N+](=O)[O-]. The van der Waals surface area contributed by atoms with Crippen molar-refractivity contribution in [3.8, 4) is 0 Å². The molecular formula is C16H21N5O5. The number of hydrazine groups is 1. The second-order valence-electron chi connectivity index (χ2n) is 5.87. The third-order valence-electron chi connectivity index (χ3n) is 4.05. The second-order valence-corrected chi connectivity index (χ2v) is 5.87. The number of hydrogen-bond acceptors (Lipinski definition) is 6. The van der Waals surface area contributed by atoms with E-state index in [1.54, 1.807) is 0 Å². The molecule has 1 aromatic rings. The maximum Gasteiger partial charge on any atom is 0.293 e. The lowest BCUT2D eigenvalue weighted by molar-refractivity contribution is -0.384. The Bertz CT molecular complexity index is 721. The van der Waals surface area contributed by atoms with Crippen molar-refractivity contribution in [3.05, 3.63) is 33.9 Å². The maximum atomic E-state index is 12.1. The summed E-state index contributed by atoms with van der Waals surface area (Å²) in [4.78, 5) is 47.8. The number of nitrogens with one attached hydrogen (secondary N) is 3. The summed E-state index contributed by atoms with van der Waals surface area (Å²) >= 11 is 0. The Balaban J connectivity index is 1.93. The van der Waals surface area contributed by atoms with Gasteiger partial charge in [-0.05, 0) is 25.0 Å². The number of amides is 3. The molecule has 0 radical (unpaired) electrons. The van der Waals surface area contributed by atoms with Gasteiger partial charge in [0.1, 0.15) is 12.2 Å². The smallest absolute Gasteiger partial charge is 0.293 e. The van der Waals surface area contributed by atoms with Gasteiger partial charge in [0, 0.05) is 31.6 Å². The number of anilines is 1. The third-order valence-corrected chi connectivity index (χ3v) is 4.05. The monoisotopic (exact) mass is 363 g/mol. The van der Waals surface area contributed by atoms with Crippen molar-refractivity contribution in [3.63, 3.8) is 0 Å². The van der Waals surface area contributed by atoms with Crippen LogP contribution in [0.4, 0.5) is 11.4 Å². The fourth-order valence-corrected chi connectivity index (χ4v) is 2.65. The van der Waals surface area contributed by atoms with E-state index in [1.807, 2.05) is 0 Å². The molecule has 10 nitrogen and oxygen atoms in total. The zero-order valence-electron chi connectivity index (χ0n) is 14.4. The minimum atomic E-state index is -0.689. The van der Waals surface area contributed by atoms with Crippen molar-refractivity contribution in [1.82, 2.24) is 15.8 Å². The first-order valence-electron chi connectivity index (χ1n) is 8.25. The van der Waals surface area contributed by atoms with Crippen LogP contribution in [0.3, 0.4) is 0 Å². The molecule has 0 spiro atoms. The number of nitro benzene ring substituents is 1. The molecule has 3 amide bonds. The molecule has 0 saturated carbocycles. The van der Waals surface area contributed by atoms with Gasteiger partial charge in [-0.25, -0.2) is 0 Å². The summed E-state index contributed by atoms with van der Waals surface area (Å²) < 4.78 is 0. The van der Waals surface area contributed by atoms with Crippen molar-refractivity contribution in [2.75, 3.05) is 25.5 Å². The normalized spacial score (nSPS) is 14.3. The van der Waals surface area contributed by atoms with Crippen LogP contribution in [0.5, 0.6) is 0 Å². The van der Waals surface area contributed by atoms with Gasteiger partial charge in [0.15, 0.2) is 0 Å². The Morgan fingerprint density at radius 3 is 2.69 bits per heavy atom. The molecule has 0 unspecified atom stereocenters. The zero-order valence-corrected chi connectivity index (χ0v) is 14.4. The van der Waals surface area contributed by atoms with E-state index in [2.05, 4.69) is 16.2 Å². The van der Waals surface area contributed by atoms with Crippen LogP contribution in [0.1, 0.15) is 36.0 Å². The number of rotatable bonds is 5. The van der Waals surface area contributed by atoms with Crippen LogP contribution in [0.2, 0.25) is 0 Å². The van der Waals surface area contributed by atoms with Gasteiger partial charge < -0.3 is 10.2 Å². The number of hydrogen-bond donors (Lipinski definition) is 3. The Kier molecular flexibility index (Phi) is 6.48. The van der Waals surface area contributed by atoms with Gasteiger partial charge >= 0.3 is 0 Å². The number of carbonyl (C=O) groups excluding carboxylic acids is 3. The molecule has 0 aromatic heterocycles. The predicted octanol–water partition coefficient (Wildman–Crippen LogP) is 0.800. The zero-order chi connectivity index (χ0) is 19.1. The number of nitro groups is 1. The molecule has 26 heavy (non-hydrogen) atoms. The summed E-state index contributed by atoms with van der Waals surface area (Å²) in [5.41, 5.74) is 4.49. The molecule has 0 aliphatic carbocycles. The van der Waals surface area contributed by atoms with E-state index < -0.39 is 16.7 Å². The highest BCUT2D eigenvalue weighted by atomic mass is 16.6. The van der Waals surface area contributed by atoms with E-state index in [-0.39, 0.29) is 29.4 Å². The summed E-state index contributed by atoms with van der Waals surface area (Å²) in [6.45, 7) is 0.371. The largest absolute Gasteiger partial charge is 0.383 e. The van der Waals surface area contributed by atoms with Crippen molar-refractivity contribution >= 4 is 29.1 Å². The summed E-state index contributed by atoms with van der Waals surface area (Å²) in [6.07, 6.45) is 3.02. The van der Waals surface area contributed by atoms with Crippen LogP contribution in [0, 0.1) is 10.1 Å². The molecule has 1 saturated heterocycles. The number of likely N-dealkylation sites (tertiary alicyclic amines) is 1. The van der Waals surface area contributed by atoms with E-state index >= 15 is 0 Å². The van der Waals surface area contributed by atoms with E-state index in [4.69, 9.17) is 0 Å². The highest BCUT2D eigenvalue weighted by Gasteiger charge is 2.20.